The fourth-order valence-electron chi connectivity index (χ4n) is 30.7. The van der Waals surface area contributed by atoms with Crippen molar-refractivity contribution in [2.75, 3.05) is 13.2 Å². The molecule has 29 aromatic rings. The highest BCUT2D eigenvalue weighted by Crippen LogP contribution is 2.85. The molecule has 106 heavy (non-hydrogen) atoms. The zero-order chi connectivity index (χ0) is 67.1. The molecule has 0 saturated carbocycles. The molecule has 0 aromatic heterocycles. The quantitative estimate of drug-likeness (QED) is 0.0296. The first-order chi connectivity index (χ1) is 52.8. The minimum absolute atomic E-state index is 0.574. The van der Waals surface area contributed by atoms with Crippen LogP contribution in [0.15, 0.2) is 48.5 Å². The van der Waals surface area contributed by atoms with E-state index >= 15 is 0 Å². The van der Waals surface area contributed by atoms with E-state index in [9.17, 15) is 0 Å². The van der Waals surface area contributed by atoms with Crippen LogP contribution in [0.25, 0.3) is 280 Å². The number of benzene rings is 19. The average Bonchev–Trinajstić information content (AvgIpc) is 1.38. The zero-order valence-electron chi connectivity index (χ0n) is 60.6. The fourth-order valence-corrected chi connectivity index (χ4v) is 30.7. The van der Waals surface area contributed by atoms with E-state index in [-0.39, 0.29) is 0 Å². The first kappa shape index (κ1) is 53.3. The molecule has 29 aromatic carbocycles. The molecule has 5 aliphatic rings. The normalized spacial score (nSPS) is 18.4. The molecule has 502 valence electrons. The third kappa shape index (κ3) is 4.50. The van der Waals surface area contributed by atoms with Gasteiger partial charge in [-0.2, -0.15) is 0 Å². The number of hydrogen-bond donors (Lipinski definition) is 0. The maximum Gasteiger partial charge on any atom is 0.119 e. The molecule has 0 saturated heterocycles. The maximum atomic E-state index is 6.99. The lowest BCUT2D eigenvalue weighted by Gasteiger charge is -2.49. The third-order valence-electron chi connectivity index (χ3n) is 33.4. The van der Waals surface area contributed by atoms with E-state index in [4.69, 9.17) is 9.47 Å². The van der Waals surface area contributed by atoms with Crippen LogP contribution in [0.4, 0.5) is 0 Å². The van der Waals surface area contributed by atoms with Crippen molar-refractivity contribution in [3.63, 3.8) is 0 Å². The standard InChI is InChI=1S/C104H74O2/c1-3-5-7-9-11-13-15-17-19-21-23-25-27-29-39-105-43-35-31-41(32-36-43)103-97-89-80-73-60-53-47-48-50-46-45-49(47)58(60)64-62-51(45)55-52(46)63-65-59(50)61-54(48)57-56(53)67-75-68(57)77-74(61)81-79(65)83-70(63)72-66(55)71-69(62)82(78(64)80)93(97)95-84(71)85(72)96-94(83)98-90(81)87(77)92-88(75)91(86(89)76(67)73)99(103)100(92)104(98,102(96)101(95)103)42-33-37-44(38-34-42)106-40-30-28-26-24-22-20-18-16-14-12-10-8-6-4-2/h31-38H,3-30,39-40H2,1-2H3. The first-order valence-electron chi connectivity index (χ1n) is 43.0. The van der Waals surface area contributed by atoms with Crippen LogP contribution in [0.2, 0.25) is 0 Å². The summed E-state index contributed by atoms with van der Waals surface area (Å²) in [6.07, 6.45) is 38.2. The summed E-state index contributed by atoms with van der Waals surface area (Å²) in [5.74, 6) is 2.06. The Labute approximate surface area is 607 Å². The van der Waals surface area contributed by atoms with Gasteiger partial charge in [-0.3, -0.25) is 0 Å². The van der Waals surface area contributed by atoms with Crippen LogP contribution in [0.1, 0.15) is 238 Å². The Balaban J connectivity index is 0.634. The summed E-state index contributed by atoms with van der Waals surface area (Å²) in [4.78, 5) is 0. The lowest BCUT2D eigenvalue weighted by Crippen LogP contribution is -2.44. The molecule has 34 rings (SSSR count). The van der Waals surface area contributed by atoms with Gasteiger partial charge in [-0.05, 0) is 362 Å². The van der Waals surface area contributed by atoms with Crippen molar-refractivity contribution >= 4 is 280 Å². The molecule has 0 bridgehead atoms. The van der Waals surface area contributed by atoms with Gasteiger partial charge in [0.2, 0.25) is 0 Å². The Morgan fingerprint density at radius 2 is 0.302 bits per heavy atom. The second-order valence-corrected chi connectivity index (χ2v) is 37.2. The van der Waals surface area contributed by atoms with Crippen LogP contribution < -0.4 is 9.47 Å². The average molecular weight is 1360 g/mol. The Hall–Kier alpha value is -9.50. The molecule has 0 heterocycles. The molecular formula is C104H74O2. The van der Waals surface area contributed by atoms with E-state index in [0.717, 1.165) is 37.6 Å². The van der Waals surface area contributed by atoms with Gasteiger partial charge in [0.05, 0.1) is 24.0 Å². The topological polar surface area (TPSA) is 18.5 Å². The predicted molar refractivity (Wildman–Crippen MR) is 455 cm³/mol. The summed E-state index contributed by atoms with van der Waals surface area (Å²) in [6.45, 7) is 6.20. The Kier molecular flexibility index (Phi) is 8.21. The van der Waals surface area contributed by atoms with Crippen molar-refractivity contribution in [3.8, 4) is 11.5 Å². The van der Waals surface area contributed by atoms with Crippen molar-refractivity contribution < 1.29 is 9.47 Å². The van der Waals surface area contributed by atoms with E-state index in [1.165, 1.54) is 178 Å². The molecule has 2 nitrogen and oxygen atoms in total. The van der Waals surface area contributed by atoms with Crippen LogP contribution >= 0.6 is 0 Å². The molecule has 0 radical (unpaired) electrons. The fraction of sp³-hybridized carbons (Fsp3) is 0.327. The minimum atomic E-state index is -0.574. The molecule has 0 spiro atoms. The molecule has 5 aliphatic carbocycles. The van der Waals surface area contributed by atoms with Gasteiger partial charge in [0.15, 0.2) is 0 Å². The summed E-state index contributed by atoms with van der Waals surface area (Å²) >= 11 is 0. The number of hydrogen-bond acceptors (Lipinski definition) is 2. The van der Waals surface area contributed by atoms with Gasteiger partial charge >= 0.3 is 0 Å². The van der Waals surface area contributed by atoms with Crippen molar-refractivity contribution in [3.05, 3.63) is 93.0 Å². The second-order valence-electron chi connectivity index (χ2n) is 37.2. The smallest absolute Gasteiger partial charge is 0.119 e. The summed E-state index contributed by atoms with van der Waals surface area (Å²) < 4.78 is 14.0. The van der Waals surface area contributed by atoms with Crippen LogP contribution in [0.5, 0.6) is 11.5 Å². The maximum absolute atomic E-state index is 6.99. The summed E-state index contributed by atoms with van der Waals surface area (Å²) in [7, 11) is 0. The molecule has 0 N–H and O–H groups in total. The van der Waals surface area contributed by atoms with Crippen molar-refractivity contribution in [1.29, 1.82) is 0 Å². The lowest BCUT2D eigenvalue weighted by atomic mass is 9.51. The Morgan fingerprint density at radius 3 is 0.500 bits per heavy atom. The summed E-state index contributed by atoms with van der Waals surface area (Å²) in [6, 6.07) is 20.4. The highest BCUT2D eigenvalue weighted by atomic mass is 16.5. The van der Waals surface area contributed by atoms with Gasteiger partial charge in [-0.15, -0.1) is 0 Å². The molecular weight excluding hydrogens is 1280 g/mol. The number of rotatable bonds is 34. The molecule has 2 heteroatoms. The predicted octanol–water partition coefficient (Wildman–Crippen LogP) is 30.8. The highest BCUT2D eigenvalue weighted by Gasteiger charge is 2.67. The minimum Gasteiger partial charge on any atom is -0.494 e. The van der Waals surface area contributed by atoms with E-state index in [2.05, 4.69) is 62.4 Å². The van der Waals surface area contributed by atoms with Crippen molar-refractivity contribution in [2.45, 2.75) is 204 Å². The highest BCUT2D eigenvalue weighted by molar-refractivity contribution is 6.81. The van der Waals surface area contributed by atoms with Crippen LogP contribution in [0.3, 0.4) is 0 Å². The van der Waals surface area contributed by atoms with E-state index in [0.29, 0.717) is 0 Å². The van der Waals surface area contributed by atoms with Gasteiger partial charge < -0.3 is 9.47 Å². The molecule has 0 amide bonds. The number of ether oxygens (including phenoxy) is 2. The van der Waals surface area contributed by atoms with Gasteiger partial charge in [-0.25, -0.2) is 0 Å². The van der Waals surface area contributed by atoms with Gasteiger partial charge in [0.1, 0.15) is 11.5 Å². The lowest BCUT2D eigenvalue weighted by molar-refractivity contribution is 0.304. The van der Waals surface area contributed by atoms with Gasteiger partial charge in [0, 0.05) is 0 Å². The van der Waals surface area contributed by atoms with Crippen molar-refractivity contribution in [2.24, 2.45) is 0 Å². The van der Waals surface area contributed by atoms with Gasteiger partial charge in [0.25, 0.3) is 0 Å². The van der Waals surface area contributed by atoms with E-state index in [1.807, 2.05) is 0 Å². The SMILES string of the molecule is CCCCCCCCCCCCCCCCOc1ccc(C23c4c5c6c7c8c9c%10c%11c(c2c2c%12c3c3c%13c4c6c4c6c%13c%13c3c3c%12c%12c%14c2c%11c2c%11c%10c%10c8c8c7c4c4c6c6c%13c7c3c%12c3c(c%142)c2c%11c%10c%10c8c4c4c%10c2c3c7c64)C59c2ccc(OCCCCCCCCCCCCCCCC)cc2)cc1. The van der Waals surface area contributed by atoms with Crippen LogP contribution in [0, 0.1) is 0 Å². The monoisotopic (exact) mass is 1350 g/mol. The number of unbranched alkanes of at least 4 members (excludes halogenated alkanes) is 26. The van der Waals surface area contributed by atoms with Gasteiger partial charge in [-0.1, -0.05) is 205 Å². The zero-order valence-corrected chi connectivity index (χ0v) is 60.6. The largest absolute Gasteiger partial charge is 0.494 e. The molecule has 0 fully saturated rings. The molecule has 0 aliphatic heterocycles. The molecule has 2 unspecified atom stereocenters. The van der Waals surface area contributed by atoms with E-state index in [1.54, 1.807) is 313 Å². The van der Waals surface area contributed by atoms with Crippen molar-refractivity contribution in [1.82, 2.24) is 0 Å². The second kappa shape index (κ2) is 16.3. The Morgan fingerprint density at radius 1 is 0.160 bits per heavy atom. The Bertz CT molecular complexity index is 7980. The van der Waals surface area contributed by atoms with Crippen LogP contribution in [-0.2, 0) is 10.8 Å². The molecule has 2 atom stereocenters. The summed E-state index contributed by atoms with van der Waals surface area (Å²) in [5, 5.41) is 85.2. The van der Waals surface area contributed by atoms with Crippen LogP contribution in [-0.4, -0.2) is 13.2 Å². The summed E-state index contributed by atoms with van der Waals surface area (Å²) in [5.41, 5.74) is 11.8. The third-order valence-corrected chi connectivity index (χ3v) is 33.4. The van der Waals surface area contributed by atoms with E-state index < -0.39 is 10.8 Å². The first-order valence-corrected chi connectivity index (χ1v) is 43.0.